The van der Waals surface area contributed by atoms with E-state index in [1.807, 2.05) is 68.4 Å². The van der Waals surface area contributed by atoms with Gasteiger partial charge in [-0.1, -0.05) is 42.5 Å². The van der Waals surface area contributed by atoms with Crippen LogP contribution in [0.4, 0.5) is 5.69 Å². The molecule has 142 valence electrons. The van der Waals surface area contributed by atoms with Crippen molar-refractivity contribution in [3.05, 3.63) is 72.3 Å². The van der Waals surface area contributed by atoms with Gasteiger partial charge >= 0.3 is 0 Å². The molecule has 2 heterocycles. The van der Waals surface area contributed by atoms with Crippen molar-refractivity contribution >= 4 is 17.5 Å². The van der Waals surface area contributed by atoms with Crippen molar-refractivity contribution in [1.82, 2.24) is 14.9 Å². The highest BCUT2D eigenvalue weighted by molar-refractivity contribution is 6.01. The summed E-state index contributed by atoms with van der Waals surface area (Å²) in [7, 11) is 0. The first-order valence-electron chi connectivity index (χ1n) is 9.31. The van der Waals surface area contributed by atoms with Gasteiger partial charge in [0.15, 0.2) is 5.82 Å². The molecule has 1 N–H and O–H groups in total. The monoisotopic (exact) mass is 374 g/mol. The van der Waals surface area contributed by atoms with Crippen LogP contribution in [0.15, 0.2) is 60.8 Å². The van der Waals surface area contributed by atoms with Crippen molar-refractivity contribution in [3.63, 3.8) is 0 Å². The Balaban J connectivity index is 1.55. The van der Waals surface area contributed by atoms with Crippen LogP contribution in [0, 0.1) is 6.92 Å². The third kappa shape index (κ3) is 3.41. The summed E-state index contributed by atoms with van der Waals surface area (Å²) in [6.07, 6.45) is 1.62. The van der Waals surface area contributed by atoms with Crippen molar-refractivity contribution in [2.75, 3.05) is 18.0 Å². The number of imidazole rings is 1. The molecule has 2 amide bonds. The number of aryl methyl sites for hydroxylation is 1. The maximum Gasteiger partial charge on any atom is 0.290 e. The second-order valence-electron chi connectivity index (χ2n) is 7.12. The van der Waals surface area contributed by atoms with E-state index in [1.165, 1.54) is 0 Å². The van der Waals surface area contributed by atoms with Gasteiger partial charge < -0.3 is 14.8 Å². The lowest BCUT2D eigenvalue weighted by atomic mass is 10.0. The van der Waals surface area contributed by atoms with Crippen molar-refractivity contribution in [3.8, 4) is 11.1 Å². The van der Waals surface area contributed by atoms with Crippen LogP contribution in [0.2, 0.25) is 0 Å². The number of H-pyrrole nitrogens is 1. The van der Waals surface area contributed by atoms with Crippen molar-refractivity contribution in [2.24, 2.45) is 0 Å². The van der Waals surface area contributed by atoms with Crippen LogP contribution in [0.1, 0.15) is 23.2 Å². The van der Waals surface area contributed by atoms with Gasteiger partial charge in [0, 0.05) is 30.2 Å². The Bertz CT molecular complexity index is 1010. The van der Waals surface area contributed by atoms with Crippen LogP contribution in [0.25, 0.3) is 11.1 Å². The van der Waals surface area contributed by atoms with Crippen molar-refractivity contribution in [1.29, 1.82) is 0 Å². The number of nitrogens with one attached hydrogen (secondary N) is 1. The van der Waals surface area contributed by atoms with Gasteiger partial charge in [0.25, 0.3) is 5.91 Å². The average Bonchev–Trinajstić information content (AvgIpc) is 3.16. The Hall–Kier alpha value is -3.41. The minimum atomic E-state index is -0.244. The van der Waals surface area contributed by atoms with Gasteiger partial charge in [-0.2, -0.15) is 0 Å². The normalized spacial score (nSPS) is 17.1. The van der Waals surface area contributed by atoms with Gasteiger partial charge in [-0.05, 0) is 37.1 Å². The molecule has 3 aromatic rings. The summed E-state index contributed by atoms with van der Waals surface area (Å²) in [6, 6.07) is 17.9. The highest BCUT2D eigenvalue weighted by atomic mass is 16.2. The molecule has 0 spiro atoms. The molecule has 1 fully saturated rings. The van der Waals surface area contributed by atoms with Gasteiger partial charge in [-0.15, -0.1) is 0 Å². The summed E-state index contributed by atoms with van der Waals surface area (Å²) in [5.74, 6) is -0.0664. The maximum atomic E-state index is 12.8. The summed E-state index contributed by atoms with van der Waals surface area (Å²) < 4.78 is 0. The first kappa shape index (κ1) is 18.0. The minimum Gasteiger partial charge on any atom is -0.338 e. The molecule has 28 heavy (non-hydrogen) atoms. The molecule has 4 rings (SSSR count). The van der Waals surface area contributed by atoms with Crippen molar-refractivity contribution in [2.45, 2.75) is 19.9 Å². The highest BCUT2D eigenvalue weighted by Crippen LogP contribution is 2.27. The van der Waals surface area contributed by atoms with Gasteiger partial charge in [-0.3, -0.25) is 9.59 Å². The molecule has 1 atom stereocenters. The van der Waals surface area contributed by atoms with E-state index in [0.717, 1.165) is 22.5 Å². The number of carbonyl (C=O) groups is 2. The number of aromatic nitrogens is 2. The smallest absolute Gasteiger partial charge is 0.290 e. The fourth-order valence-electron chi connectivity index (χ4n) is 3.51. The molecule has 6 nitrogen and oxygen atoms in total. The Morgan fingerprint density at radius 2 is 1.86 bits per heavy atom. The zero-order valence-corrected chi connectivity index (χ0v) is 15.9. The summed E-state index contributed by atoms with van der Waals surface area (Å²) in [5, 5.41) is 0. The highest BCUT2D eigenvalue weighted by Gasteiger charge is 2.34. The summed E-state index contributed by atoms with van der Waals surface area (Å²) >= 11 is 0. The number of piperazine rings is 1. The molecule has 1 aromatic heterocycles. The topological polar surface area (TPSA) is 69.3 Å². The van der Waals surface area contributed by atoms with E-state index in [9.17, 15) is 9.59 Å². The summed E-state index contributed by atoms with van der Waals surface area (Å²) in [5.41, 5.74) is 3.83. The molecule has 6 heteroatoms. The van der Waals surface area contributed by atoms with Crippen molar-refractivity contribution < 1.29 is 9.59 Å². The van der Waals surface area contributed by atoms with E-state index in [2.05, 4.69) is 9.97 Å². The number of hydrogen-bond acceptors (Lipinski definition) is 3. The van der Waals surface area contributed by atoms with Crippen LogP contribution in [0.5, 0.6) is 0 Å². The molecule has 1 saturated heterocycles. The standard InChI is InChI=1S/C22H22N4O2/c1-15-12-23-21(24-15)22(28)25-14-20(27)26(13-16(25)2)19-10-6-9-18(11-19)17-7-4-3-5-8-17/h3-12,16H,13-14H2,1-2H3,(H,23,24). The molecule has 0 aliphatic carbocycles. The Kier molecular flexibility index (Phi) is 4.69. The molecule has 1 aliphatic heterocycles. The molecule has 0 radical (unpaired) electrons. The van der Waals surface area contributed by atoms with Gasteiger partial charge in [0.1, 0.15) is 6.54 Å². The van der Waals surface area contributed by atoms with E-state index < -0.39 is 0 Å². The molecule has 0 bridgehead atoms. The number of benzene rings is 2. The lowest BCUT2D eigenvalue weighted by Gasteiger charge is -2.39. The molecule has 2 aromatic carbocycles. The van der Waals surface area contributed by atoms with E-state index in [4.69, 9.17) is 0 Å². The predicted molar refractivity (Wildman–Crippen MR) is 108 cm³/mol. The van der Waals surface area contributed by atoms with Gasteiger partial charge in [0.2, 0.25) is 5.91 Å². The number of anilines is 1. The summed E-state index contributed by atoms with van der Waals surface area (Å²) in [4.78, 5) is 35.9. The van der Waals surface area contributed by atoms with Crippen LogP contribution >= 0.6 is 0 Å². The zero-order valence-electron chi connectivity index (χ0n) is 15.9. The molecule has 0 saturated carbocycles. The fraction of sp³-hybridized carbons (Fsp3) is 0.227. The van der Waals surface area contributed by atoms with E-state index in [-0.39, 0.29) is 30.2 Å². The van der Waals surface area contributed by atoms with Crippen LogP contribution in [-0.2, 0) is 4.79 Å². The van der Waals surface area contributed by atoms with E-state index >= 15 is 0 Å². The lowest BCUT2D eigenvalue weighted by Crippen LogP contribution is -2.57. The second-order valence-corrected chi connectivity index (χ2v) is 7.12. The molecular weight excluding hydrogens is 352 g/mol. The Morgan fingerprint density at radius 3 is 2.57 bits per heavy atom. The maximum absolute atomic E-state index is 12.8. The van der Waals surface area contributed by atoms with Crippen LogP contribution in [-0.4, -0.2) is 45.8 Å². The van der Waals surface area contributed by atoms with Gasteiger partial charge in [0.05, 0.1) is 0 Å². The lowest BCUT2D eigenvalue weighted by molar-refractivity contribution is -0.121. The third-order valence-electron chi connectivity index (χ3n) is 5.02. The third-order valence-corrected chi connectivity index (χ3v) is 5.02. The zero-order chi connectivity index (χ0) is 19.7. The predicted octanol–water partition coefficient (Wildman–Crippen LogP) is 3.26. The van der Waals surface area contributed by atoms with Gasteiger partial charge in [-0.25, -0.2) is 4.98 Å². The largest absolute Gasteiger partial charge is 0.338 e. The minimum absolute atomic E-state index is 0.0370. The number of carbonyl (C=O) groups excluding carboxylic acids is 2. The van der Waals surface area contributed by atoms with Crippen LogP contribution < -0.4 is 4.90 Å². The van der Waals surface area contributed by atoms with E-state index in [0.29, 0.717) is 6.54 Å². The number of aromatic amines is 1. The second kappa shape index (κ2) is 7.31. The van der Waals surface area contributed by atoms with Crippen LogP contribution in [0.3, 0.4) is 0 Å². The molecular formula is C22H22N4O2. The summed E-state index contributed by atoms with van der Waals surface area (Å²) in [6.45, 7) is 4.28. The Morgan fingerprint density at radius 1 is 1.11 bits per heavy atom. The number of amides is 2. The number of hydrogen-bond donors (Lipinski definition) is 1. The fourth-order valence-corrected chi connectivity index (χ4v) is 3.51. The number of rotatable bonds is 3. The average molecular weight is 374 g/mol. The molecule has 1 aliphatic rings. The quantitative estimate of drug-likeness (QED) is 0.765. The molecule has 1 unspecified atom stereocenters. The first-order valence-corrected chi connectivity index (χ1v) is 9.31. The number of nitrogens with zero attached hydrogens (tertiary/aromatic N) is 3. The van der Waals surface area contributed by atoms with E-state index in [1.54, 1.807) is 16.0 Å². The first-order chi connectivity index (χ1) is 13.5. The Labute approximate surface area is 163 Å². The SMILES string of the molecule is Cc1cnc(C(=O)N2CC(=O)N(c3cccc(-c4ccccc4)c3)CC2C)[nH]1.